The number of nitrogens with zero attached hydrogens (tertiary/aromatic N) is 2. The van der Waals surface area contributed by atoms with E-state index in [2.05, 4.69) is 24.3 Å². The van der Waals surface area contributed by atoms with Crippen molar-refractivity contribution in [2.45, 2.75) is 26.0 Å². The number of carbonyl (C=O) groups excluding carboxylic acids is 1. The summed E-state index contributed by atoms with van der Waals surface area (Å²) in [6, 6.07) is 12.5. The first-order valence-electron chi connectivity index (χ1n) is 8.09. The van der Waals surface area contributed by atoms with Crippen molar-refractivity contribution < 1.29 is 14.6 Å². The number of nitrogens with one attached hydrogen (secondary N) is 1. The number of aliphatic hydroxyl groups excluding tert-OH is 1. The minimum absolute atomic E-state index is 0.264. The Morgan fingerprint density at radius 3 is 2.76 bits per heavy atom. The molecule has 0 saturated carbocycles. The van der Waals surface area contributed by atoms with Crippen LogP contribution in [0.2, 0.25) is 0 Å². The van der Waals surface area contributed by atoms with Gasteiger partial charge in [-0.05, 0) is 49.7 Å². The summed E-state index contributed by atoms with van der Waals surface area (Å²) in [4.78, 5) is 12.3. The lowest BCUT2D eigenvalue weighted by molar-refractivity contribution is -0.124. The van der Waals surface area contributed by atoms with E-state index in [1.54, 1.807) is 30.3 Å². The van der Waals surface area contributed by atoms with E-state index in [-0.39, 0.29) is 6.04 Å². The van der Waals surface area contributed by atoms with Crippen molar-refractivity contribution in [3.8, 4) is 5.75 Å². The lowest BCUT2D eigenvalue weighted by atomic mass is 10.1. The lowest BCUT2D eigenvalue weighted by Crippen LogP contribution is -2.20. The Kier molecular flexibility index (Phi) is 4.72. The van der Waals surface area contributed by atoms with E-state index in [1.165, 1.54) is 7.11 Å². The Bertz CT molecular complexity index is 902. The van der Waals surface area contributed by atoms with Crippen LogP contribution in [0.4, 0.5) is 5.69 Å². The molecule has 2 N–H and O–H groups in total. The van der Waals surface area contributed by atoms with Crippen LogP contribution in [0.3, 0.4) is 0 Å². The molecule has 130 valence electrons. The van der Waals surface area contributed by atoms with Gasteiger partial charge in [0.2, 0.25) is 0 Å². The second kappa shape index (κ2) is 6.94. The predicted octanol–water partition coefficient (Wildman–Crippen LogP) is 3.30. The molecule has 1 unspecified atom stereocenters. The molecule has 0 aliphatic heterocycles. The van der Waals surface area contributed by atoms with E-state index in [0.717, 1.165) is 10.9 Å². The van der Waals surface area contributed by atoms with Gasteiger partial charge >= 0.3 is 0 Å². The average Bonchev–Trinajstić information content (AvgIpc) is 3.04. The Morgan fingerprint density at radius 2 is 2.04 bits per heavy atom. The Balaban J connectivity index is 1.78. The van der Waals surface area contributed by atoms with E-state index >= 15 is 0 Å². The van der Waals surface area contributed by atoms with Crippen LogP contribution in [-0.4, -0.2) is 27.9 Å². The first-order valence-corrected chi connectivity index (χ1v) is 8.09. The number of aromatic nitrogens is 2. The van der Waals surface area contributed by atoms with Crippen LogP contribution < -0.4 is 10.1 Å². The SMILES string of the molecule is COc1cccc(C(O)C(=O)Nc2ccc3nn(C(C)C)cc3c2)c1. The fraction of sp³-hybridized carbons (Fsp3) is 0.263. The summed E-state index contributed by atoms with van der Waals surface area (Å²) in [6.07, 6.45) is 0.665. The van der Waals surface area contributed by atoms with E-state index in [0.29, 0.717) is 17.0 Å². The van der Waals surface area contributed by atoms with Gasteiger partial charge < -0.3 is 15.2 Å². The molecule has 25 heavy (non-hydrogen) atoms. The summed E-state index contributed by atoms with van der Waals surface area (Å²) in [7, 11) is 1.54. The van der Waals surface area contributed by atoms with Crippen LogP contribution in [-0.2, 0) is 4.79 Å². The molecule has 1 atom stereocenters. The number of carbonyl (C=O) groups is 1. The van der Waals surface area contributed by atoms with E-state index < -0.39 is 12.0 Å². The summed E-state index contributed by atoms with van der Waals surface area (Å²) in [5.74, 6) is 0.0933. The first kappa shape index (κ1) is 17.0. The average molecular weight is 339 g/mol. The molecule has 0 spiro atoms. The van der Waals surface area contributed by atoms with E-state index in [4.69, 9.17) is 4.74 Å². The number of benzene rings is 2. The van der Waals surface area contributed by atoms with Crippen LogP contribution in [0, 0.1) is 0 Å². The number of anilines is 1. The predicted molar refractivity (Wildman–Crippen MR) is 96.7 cm³/mol. The second-order valence-electron chi connectivity index (χ2n) is 6.14. The number of hydrogen-bond donors (Lipinski definition) is 2. The Hall–Kier alpha value is -2.86. The van der Waals surface area contributed by atoms with Crippen molar-refractivity contribution in [3.63, 3.8) is 0 Å². The lowest BCUT2D eigenvalue weighted by Gasteiger charge is -2.12. The molecule has 6 nitrogen and oxygen atoms in total. The topological polar surface area (TPSA) is 76.4 Å². The third kappa shape index (κ3) is 3.64. The zero-order valence-corrected chi connectivity index (χ0v) is 14.4. The smallest absolute Gasteiger partial charge is 0.257 e. The fourth-order valence-corrected chi connectivity index (χ4v) is 2.56. The van der Waals surface area contributed by atoms with Gasteiger partial charge in [-0.1, -0.05) is 12.1 Å². The largest absolute Gasteiger partial charge is 0.497 e. The highest BCUT2D eigenvalue weighted by Crippen LogP contribution is 2.23. The molecular weight excluding hydrogens is 318 g/mol. The quantitative estimate of drug-likeness (QED) is 0.748. The summed E-state index contributed by atoms with van der Waals surface area (Å²) in [6.45, 7) is 4.11. The van der Waals surface area contributed by atoms with Crippen LogP contribution in [0.5, 0.6) is 5.75 Å². The standard InChI is InChI=1S/C19H21N3O3/c1-12(2)22-11-14-9-15(7-8-17(14)21-22)20-19(24)18(23)13-5-4-6-16(10-13)25-3/h4-12,18,23H,1-3H3,(H,20,24). The summed E-state index contributed by atoms with van der Waals surface area (Å²) < 4.78 is 7.00. The molecule has 0 fully saturated rings. The first-order chi connectivity index (χ1) is 12.0. The zero-order valence-electron chi connectivity index (χ0n) is 14.4. The van der Waals surface area contributed by atoms with Gasteiger partial charge in [-0.2, -0.15) is 5.10 Å². The molecule has 1 heterocycles. The van der Waals surface area contributed by atoms with Gasteiger partial charge in [0.1, 0.15) is 5.75 Å². The number of ether oxygens (including phenoxy) is 1. The minimum Gasteiger partial charge on any atom is -0.497 e. The van der Waals surface area contributed by atoms with Crippen molar-refractivity contribution in [2.75, 3.05) is 12.4 Å². The summed E-state index contributed by atoms with van der Waals surface area (Å²) >= 11 is 0. The number of rotatable bonds is 5. The molecule has 3 rings (SSSR count). The molecule has 0 saturated heterocycles. The van der Waals surface area contributed by atoms with Gasteiger partial charge in [-0.15, -0.1) is 0 Å². The minimum atomic E-state index is -1.27. The normalized spacial score (nSPS) is 12.4. The Labute approximate surface area is 146 Å². The Morgan fingerprint density at radius 1 is 1.24 bits per heavy atom. The molecule has 3 aromatic rings. The fourth-order valence-electron chi connectivity index (χ4n) is 2.56. The second-order valence-corrected chi connectivity index (χ2v) is 6.14. The molecule has 1 amide bonds. The van der Waals surface area contributed by atoms with E-state index in [9.17, 15) is 9.90 Å². The third-order valence-electron chi connectivity index (χ3n) is 3.98. The van der Waals surface area contributed by atoms with Gasteiger partial charge in [0.25, 0.3) is 5.91 Å². The van der Waals surface area contributed by atoms with Gasteiger partial charge in [-0.3, -0.25) is 9.48 Å². The highest BCUT2D eigenvalue weighted by molar-refractivity contribution is 5.96. The zero-order chi connectivity index (χ0) is 18.0. The number of aliphatic hydroxyl groups is 1. The summed E-state index contributed by atoms with van der Waals surface area (Å²) in [5.41, 5.74) is 1.95. The number of amides is 1. The van der Waals surface area contributed by atoms with Crippen LogP contribution in [0.15, 0.2) is 48.7 Å². The number of methoxy groups -OCH3 is 1. The maximum absolute atomic E-state index is 12.3. The van der Waals surface area contributed by atoms with Crippen LogP contribution in [0.1, 0.15) is 31.6 Å². The van der Waals surface area contributed by atoms with Crippen molar-refractivity contribution >= 4 is 22.5 Å². The highest BCUT2D eigenvalue weighted by atomic mass is 16.5. The monoisotopic (exact) mass is 339 g/mol. The van der Waals surface area contributed by atoms with Crippen LogP contribution in [0.25, 0.3) is 10.9 Å². The van der Waals surface area contributed by atoms with Gasteiger partial charge in [0.15, 0.2) is 6.10 Å². The van der Waals surface area contributed by atoms with Crippen molar-refractivity contribution in [1.82, 2.24) is 9.78 Å². The molecule has 0 aliphatic rings. The molecule has 0 radical (unpaired) electrons. The molecular formula is C19H21N3O3. The number of fused-ring (bicyclic) bond motifs is 1. The van der Waals surface area contributed by atoms with Crippen molar-refractivity contribution in [2.24, 2.45) is 0 Å². The van der Waals surface area contributed by atoms with E-state index in [1.807, 2.05) is 23.0 Å². The maximum Gasteiger partial charge on any atom is 0.257 e. The van der Waals surface area contributed by atoms with Crippen molar-refractivity contribution in [1.29, 1.82) is 0 Å². The molecule has 1 aromatic heterocycles. The van der Waals surface area contributed by atoms with Gasteiger partial charge in [-0.25, -0.2) is 0 Å². The highest BCUT2D eigenvalue weighted by Gasteiger charge is 2.18. The molecule has 6 heteroatoms. The third-order valence-corrected chi connectivity index (χ3v) is 3.98. The van der Waals surface area contributed by atoms with Gasteiger partial charge in [0, 0.05) is 23.3 Å². The van der Waals surface area contributed by atoms with Crippen molar-refractivity contribution in [3.05, 3.63) is 54.2 Å². The number of hydrogen-bond acceptors (Lipinski definition) is 4. The summed E-state index contributed by atoms with van der Waals surface area (Å²) in [5, 5.41) is 18.4. The molecule has 0 bridgehead atoms. The molecule has 2 aromatic carbocycles. The maximum atomic E-state index is 12.3. The van der Waals surface area contributed by atoms with Crippen LogP contribution >= 0.6 is 0 Å². The molecule has 0 aliphatic carbocycles. The van der Waals surface area contributed by atoms with Gasteiger partial charge in [0.05, 0.1) is 12.6 Å².